The number of aryl methyl sites for hydroxylation is 1. The average Bonchev–Trinajstić information content (AvgIpc) is 2.74. The Kier molecular flexibility index (Phi) is 7.19. The molecular weight excluding hydrogens is 372 g/mol. The first-order valence-electron chi connectivity index (χ1n) is 11.1. The van der Waals surface area contributed by atoms with Crippen LogP contribution in [0.15, 0.2) is 47.7 Å². The zero-order chi connectivity index (χ0) is 21.8. The van der Waals surface area contributed by atoms with E-state index >= 15 is 0 Å². The first-order valence-corrected chi connectivity index (χ1v) is 11.1. The maximum atomic E-state index is 13.3. The van der Waals surface area contributed by atoms with Crippen LogP contribution in [-0.4, -0.2) is 49.0 Å². The molecule has 0 N–H and O–H groups in total. The number of carbonyl (C=O) groups is 1. The van der Waals surface area contributed by atoms with Crippen LogP contribution in [0.4, 0.5) is 0 Å². The zero-order valence-electron chi connectivity index (χ0n) is 19.4. The molecule has 0 aromatic heterocycles. The smallest absolute Gasteiger partial charge is 0.251 e. The molecule has 0 radical (unpaired) electrons. The van der Waals surface area contributed by atoms with Gasteiger partial charge in [0.2, 0.25) is 0 Å². The Balaban J connectivity index is 1.84. The van der Waals surface area contributed by atoms with Gasteiger partial charge < -0.3 is 14.5 Å². The van der Waals surface area contributed by atoms with Gasteiger partial charge in [0.05, 0.1) is 13.2 Å². The van der Waals surface area contributed by atoms with E-state index in [9.17, 15) is 4.79 Å². The van der Waals surface area contributed by atoms with Crippen LogP contribution in [0.25, 0.3) is 5.57 Å². The van der Waals surface area contributed by atoms with Gasteiger partial charge in [-0.2, -0.15) is 0 Å². The highest BCUT2D eigenvalue weighted by Crippen LogP contribution is 2.32. The molecule has 0 bridgehead atoms. The predicted octanol–water partition coefficient (Wildman–Crippen LogP) is 5.20. The van der Waals surface area contributed by atoms with Crippen molar-refractivity contribution in [3.63, 3.8) is 0 Å². The summed E-state index contributed by atoms with van der Waals surface area (Å²) in [6.07, 6.45) is 9.53. The van der Waals surface area contributed by atoms with Crippen molar-refractivity contribution in [3.05, 3.63) is 58.8 Å². The third-order valence-electron chi connectivity index (χ3n) is 6.64. The monoisotopic (exact) mass is 408 g/mol. The second-order valence-electron chi connectivity index (χ2n) is 8.71. The number of amides is 1. The molecule has 4 nitrogen and oxygen atoms in total. The second-order valence-corrected chi connectivity index (χ2v) is 8.71. The molecule has 0 saturated carbocycles. The summed E-state index contributed by atoms with van der Waals surface area (Å²) in [6.45, 7) is 10.6. The van der Waals surface area contributed by atoms with Crippen molar-refractivity contribution in [1.82, 2.24) is 9.80 Å². The van der Waals surface area contributed by atoms with Crippen LogP contribution >= 0.6 is 0 Å². The molecule has 30 heavy (non-hydrogen) atoms. The van der Waals surface area contributed by atoms with Crippen LogP contribution < -0.4 is 4.74 Å². The Morgan fingerprint density at radius 3 is 2.57 bits per heavy atom. The van der Waals surface area contributed by atoms with Crippen LogP contribution in [0.5, 0.6) is 5.75 Å². The Hall–Kier alpha value is -2.33. The highest BCUT2D eigenvalue weighted by atomic mass is 16.5. The molecule has 1 unspecified atom stereocenters. The maximum absolute atomic E-state index is 13.3. The van der Waals surface area contributed by atoms with E-state index in [2.05, 4.69) is 44.1 Å². The summed E-state index contributed by atoms with van der Waals surface area (Å²) in [4.78, 5) is 17.6. The first kappa shape index (κ1) is 22.4. The highest BCUT2D eigenvalue weighted by Gasteiger charge is 2.28. The third kappa shape index (κ3) is 4.86. The number of likely N-dealkylation sites (tertiary alicyclic amines) is 1. The van der Waals surface area contributed by atoms with E-state index in [1.54, 1.807) is 13.2 Å². The standard InChI is InChI=1S/C26H36N2O2/c1-7-21-16-24(22-10-12-27(5)13-11-22)17-28(20(21)4)26(29)15-18(2)23-8-9-25(30-6)19(3)14-23/h8-9,14-17,20,22H,7,10-13H2,1-6H3/b18-15+. The van der Waals surface area contributed by atoms with Crippen LogP contribution in [0, 0.1) is 12.8 Å². The zero-order valence-corrected chi connectivity index (χ0v) is 19.4. The number of piperidine rings is 1. The molecule has 0 aliphatic carbocycles. The van der Waals surface area contributed by atoms with Crippen LogP contribution in [0.1, 0.15) is 51.2 Å². The molecule has 4 heteroatoms. The van der Waals surface area contributed by atoms with Gasteiger partial charge >= 0.3 is 0 Å². The topological polar surface area (TPSA) is 32.8 Å². The van der Waals surface area contributed by atoms with Crippen molar-refractivity contribution in [2.45, 2.75) is 53.0 Å². The van der Waals surface area contributed by atoms with E-state index < -0.39 is 0 Å². The van der Waals surface area contributed by atoms with Gasteiger partial charge in [-0.1, -0.05) is 19.1 Å². The summed E-state index contributed by atoms with van der Waals surface area (Å²) in [5, 5.41) is 0. The van der Waals surface area contributed by atoms with Gasteiger partial charge in [0.25, 0.3) is 5.91 Å². The van der Waals surface area contributed by atoms with Gasteiger partial charge in [0.1, 0.15) is 5.75 Å². The number of hydrogen-bond acceptors (Lipinski definition) is 3. The largest absolute Gasteiger partial charge is 0.496 e. The molecule has 1 atom stereocenters. The lowest BCUT2D eigenvalue weighted by atomic mass is 9.85. The number of methoxy groups -OCH3 is 1. The van der Waals surface area contributed by atoms with Crippen molar-refractivity contribution in [2.75, 3.05) is 27.2 Å². The molecule has 3 rings (SSSR count). The molecule has 2 aliphatic rings. The number of rotatable bonds is 5. The van der Waals surface area contributed by atoms with Gasteiger partial charge in [-0.05, 0) is 106 Å². The van der Waals surface area contributed by atoms with E-state index in [0.29, 0.717) is 5.92 Å². The summed E-state index contributed by atoms with van der Waals surface area (Å²) in [7, 11) is 3.87. The number of allylic oxidation sites excluding steroid dienone is 3. The Morgan fingerprint density at radius 2 is 1.97 bits per heavy atom. The number of nitrogens with zero attached hydrogens (tertiary/aromatic N) is 2. The van der Waals surface area contributed by atoms with Gasteiger partial charge in [0, 0.05) is 12.3 Å². The molecule has 162 valence electrons. The van der Waals surface area contributed by atoms with Crippen LogP contribution in [0.3, 0.4) is 0 Å². The Morgan fingerprint density at radius 1 is 1.27 bits per heavy atom. The van der Waals surface area contributed by atoms with Crippen molar-refractivity contribution in [1.29, 1.82) is 0 Å². The minimum atomic E-state index is 0.0537. The molecule has 1 amide bonds. The molecule has 1 fully saturated rings. The summed E-state index contributed by atoms with van der Waals surface area (Å²) >= 11 is 0. The molecule has 2 aliphatic heterocycles. The van der Waals surface area contributed by atoms with Crippen molar-refractivity contribution in [2.24, 2.45) is 5.92 Å². The second kappa shape index (κ2) is 9.65. The van der Waals surface area contributed by atoms with Crippen molar-refractivity contribution in [3.8, 4) is 5.75 Å². The predicted molar refractivity (Wildman–Crippen MR) is 124 cm³/mol. The quantitative estimate of drug-likeness (QED) is 0.628. The fraction of sp³-hybridized carbons (Fsp3) is 0.500. The van der Waals surface area contributed by atoms with E-state index in [-0.39, 0.29) is 11.9 Å². The molecule has 1 saturated heterocycles. The van der Waals surface area contributed by atoms with E-state index in [1.165, 1.54) is 11.1 Å². The van der Waals surface area contributed by atoms with Crippen LogP contribution in [-0.2, 0) is 4.79 Å². The maximum Gasteiger partial charge on any atom is 0.251 e. The Bertz CT molecular complexity index is 873. The van der Waals surface area contributed by atoms with Gasteiger partial charge in [-0.15, -0.1) is 0 Å². The summed E-state index contributed by atoms with van der Waals surface area (Å²) < 4.78 is 5.36. The van der Waals surface area contributed by atoms with Gasteiger partial charge in [0.15, 0.2) is 0 Å². The van der Waals surface area contributed by atoms with Gasteiger partial charge in [-0.3, -0.25) is 4.79 Å². The molecule has 1 aromatic rings. The summed E-state index contributed by atoms with van der Waals surface area (Å²) in [5.74, 6) is 1.46. The third-order valence-corrected chi connectivity index (χ3v) is 6.64. The van der Waals surface area contributed by atoms with E-state index in [4.69, 9.17) is 4.74 Å². The number of benzene rings is 1. The number of hydrogen-bond donors (Lipinski definition) is 0. The summed E-state index contributed by atoms with van der Waals surface area (Å²) in [5.41, 5.74) is 5.75. The summed E-state index contributed by atoms with van der Waals surface area (Å²) in [6, 6.07) is 6.15. The highest BCUT2D eigenvalue weighted by molar-refractivity contribution is 5.96. The number of ether oxygens (including phenoxy) is 1. The normalized spacial score (nSPS) is 21.3. The van der Waals surface area contributed by atoms with Gasteiger partial charge in [-0.25, -0.2) is 0 Å². The van der Waals surface area contributed by atoms with E-state index in [0.717, 1.165) is 54.8 Å². The SMILES string of the molecule is CCC1=CC(C2CCN(C)CC2)=CN(C(=O)/C=C(\C)c2ccc(OC)c(C)c2)C1C. The van der Waals surface area contributed by atoms with Crippen molar-refractivity contribution < 1.29 is 9.53 Å². The average molecular weight is 409 g/mol. The van der Waals surface area contributed by atoms with Crippen LogP contribution in [0.2, 0.25) is 0 Å². The first-order chi connectivity index (χ1) is 14.3. The minimum absolute atomic E-state index is 0.0537. The minimum Gasteiger partial charge on any atom is -0.496 e. The van der Waals surface area contributed by atoms with Crippen molar-refractivity contribution >= 4 is 11.5 Å². The molecule has 1 aromatic carbocycles. The molecular formula is C26H36N2O2. The Labute approximate surface area is 181 Å². The lowest BCUT2D eigenvalue weighted by molar-refractivity contribution is -0.124. The lowest BCUT2D eigenvalue weighted by Gasteiger charge is -2.36. The fourth-order valence-electron chi connectivity index (χ4n) is 4.51. The number of carbonyl (C=O) groups excluding carboxylic acids is 1. The fourth-order valence-corrected chi connectivity index (χ4v) is 4.51. The molecule has 2 heterocycles. The molecule has 0 spiro atoms. The lowest BCUT2D eigenvalue weighted by Crippen LogP contribution is -2.38. The van der Waals surface area contributed by atoms with E-state index in [1.807, 2.05) is 30.9 Å².